The minimum atomic E-state index is -0.302. The third-order valence-corrected chi connectivity index (χ3v) is 4.87. The van der Waals surface area contributed by atoms with E-state index in [0.717, 1.165) is 5.56 Å². The number of H-pyrrole nitrogens is 1. The van der Waals surface area contributed by atoms with E-state index in [9.17, 15) is 9.59 Å². The van der Waals surface area contributed by atoms with Crippen molar-refractivity contribution < 1.29 is 14.3 Å². The van der Waals surface area contributed by atoms with Gasteiger partial charge in [-0.25, -0.2) is 0 Å². The number of benzene rings is 2. The van der Waals surface area contributed by atoms with E-state index in [4.69, 9.17) is 9.47 Å². The molecule has 1 aromatic heterocycles. The molecule has 0 aliphatic carbocycles. The molecule has 0 unspecified atom stereocenters. The van der Waals surface area contributed by atoms with Crippen LogP contribution in [0.1, 0.15) is 35.8 Å². The minimum absolute atomic E-state index is 0.139. The van der Waals surface area contributed by atoms with Crippen LogP contribution in [0.2, 0.25) is 0 Å². The third kappa shape index (κ3) is 3.45. The van der Waals surface area contributed by atoms with Gasteiger partial charge in [-0.2, -0.15) is 0 Å². The number of para-hydroxylation sites is 1. The summed E-state index contributed by atoms with van der Waals surface area (Å²) in [4.78, 5) is 27.8. The van der Waals surface area contributed by atoms with Gasteiger partial charge in [0, 0.05) is 17.0 Å². The summed E-state index contributed by atoms with van der Waals surface area (Å²) in [5.74, 6) is 1.25. The Morgan fingerprint density at radius 3 is 2.57 bits per heavy atom. The molecule has 3 aromatic rings. The van der Waals surface area contributed by atoms with Crippen LogP contribution in [-0.4, -0.2) is 24.1 Å². The van der Waals surface area contributed by atoms with Crippen molar-refractivity contribution in [1.82, 2.24) is 10.3 Å². The van der Waals surface area contributed by atoms with Gasteiger partial charge in [0.05, 0.1) is 11.6 Å². The Kier molecular flexibility index (Phi) is 4.77. The average Bonchev–Trinajstić information content (AvgIpc) is 2.70. The van der Waals surface area contributed by atoms with Gasteiger partial charge >= 0.3 is 0 Å². The smallest absolute Gasteiger partial charge is 0.252 e. The van der Waals surface area contributed by atoms with Gasteiger partial charge in [0.1, 0.15) is 13.2 Å². The number of carbonyl (C=O) groups is 1. The van der Waals surface area contributed by atoms with Crippen LogP contribution in [0.3, 0.4) is 0 Å². The highest BCUT2D eigenvalue weighted by Gasteiger charge is 2.23. The molecule has 0 fully saturated rings. The van der Waals surface area contributed by atoms with Crippen molar-refractivity contribution in [3.63, 3.8) is 0 Å². The zero-order valence-corrected chi connectivity index (χ0v) is 15.8. The number of fused-ring (bicyclic) bond motifs is 2. The van der Waals surface area contributed by atoms with Gasteiger partial charge in [-0.05, 0) is 29.7 Å². The van der Waals surface area contributed by atoms with Crippen LogP contribution in [0, 0.1) is 5.92 Å². The highest BCUT2D eigenvalue weighted by atomic mass is 16.6. The number of rotatable bonds is 4. The lowest BCUT2D eigenvalue weighted by Gasteiger charge is -2.25. The molecule has 2 aromatic carbocycles. The van der Waals surface area contributed by atoms with Crippen LogP contribution in [0.5, 0.6) is 11.5 Å². The van der Waals surface area contributed by atoms with Crippen LogP contribution in [0.25, 0.3) is 10.9 Å². The third-order valence-electron chi connectivity index (χ3n) is 4.87. The Balaban J connectivity index is 1.68. The maximum atomic E-state index is 13.1. The molecule has 1 aliphatic rings. The van der Waals surface area contributed by atoms with E-state index >= 15 is 0 Å². The number of amides is 1. The van der Waals surface area contributed by atoms with Gasteiger partial charge in [-0.3, -0.25) is 9.59 Å². The second-order valence-corrected chi connectivity index (χ2v) is 7.19. The largest absolute Gasteiger partial charge is 0.486 e. The molecule has 28 heavy (non-hydrogen) atoms. The van der Waals surface area contributed by atoms with Crippen LogP contribution in [0.15, 0.2) is 53.3 Å². The molecule has 0 spiro atoms. The minimum Gasteiger partial charge on any atom is -0.486 e. The lowest BCUT2D eigenvalue weighted by Crippen LogP contribution is -2.32. The maximum absolute atomic E-state index is 13.1. The van der Waals surface area contributed by atoms with Crippen molar-refractivity contribution >= 4 is 16.8 Å². The fraction of sp³-hybridized carbons (Fsp3) is 0.273. The molecule has 0 saturated carbocycles. The van der Waals surface area contributed by atoms with Gasteiger partial charge < -0.3 is 19.8 Å². The van der Waals surface area contributed by atoms with Crippen molar-refractivity contribution in [3.8, 4) is 11.5 Å². The van der Waals surface area contributed by atoms with E-state index in [1.54, 1.807) is 6.07 Å². The van der Waals surface area contributed by atoms with E-state index in [1.807, 2.05) is 50.2 Å². The lowest BCUT2D eigenvalue weighted by molar-refractivity contribution is 0.0927. The SMILES string of the molecule is CC(C)[C@H](NC(=O)c1cc(=O)[nH]c2ccccc12)c1ccc2c(c1)OCCO2. The summed E-state index contributed by atoms with van der Waals surface area (Å²) in [7, 11) is 0. The normalized spacial score (nSPS) is 14.1. The Morgan fingerprint density at radius 2 is 1.79 bits per heavy atom. The van der Waals surface area contributed by atoms with Crippen molar-refractivity contribution in [1.29, 1.82) is 0 Å². The summed E-state index contributed by atoms with van der Waals surface area (Å²) in [5, 5.41) is 3.80. The summed E-state index contributed by atoms with van der Waals surface area (Å²) in [6.07, 6.45) is 0. The fourth-order valence-corrected chi connectivity index (χ4v) is 3.50. The van der Waals surface area contributed by atoms with E-state index in [2.05, 4.69) is 10.3 Å². The van der Waals surface area contributed by atoms with Gasteiger partial charge in [-0.1, -0.05) is 38.1 Å². The summed E-state index contributed by atoms with van der Waals surface area (Å²) >= 11 is 0. The molecule has 144 valence electrons. The average molecular weight is 378 g/mol. The van der Waals surface area contributed by atoms with Crippen LogP contribution in [0.4, 0.5) is 0 Å². The predicted molar refractivity (Wildman–Crippen MR) is 107 cm³/mol. The zero-order valence-electron chi connectivity index (χ0n) is 15.8. The molecule has 1 amide bonds. The Labute approximate surface area is 162 Å². The standard InChI is InChI=1S/C22H22N2O4/c1-13(2)21(14-7-8-18-19(11-14)28-10-9-27-18)24-22(26)16-12-20(25)23-17-6-4-3-5-15(16)17/h3-8,11-13,21H,9-10H2,1-2H3,(H,23,25)(H,24,26)/t21-/m0/s1. The first-order valence-electron chi connectivity index (χ1n) is 9.35. The van der Waals surface area contributed by atoms with Crippen LogP contribution < -0.4 is 20.3 Å². The first kappa shape index (κ1) is 18.1. The summed E-state index contributed by atoms with van der Waals surface area (Å²) in [5.41, 5.74) is 1.63. The Hall–Kier alpha value is -3.28. The number of hydrogen-bond donors (Lipinski definition) is 2. The maximum Gasteiger partial charge on any atom is 0.252 e. The summed E-state index contributed by atoms with van der Waals surface area (Å²) in [6, 6.07) is 14.1. The highest BCUT2D eigenvalue weighted by molar-refractivity contribution is 6.06. The molecule has 0 radical (unpaired) electrons. The number of pyridine rings is 1. The topological polar surface area (TPSA) is 80.4 Å². The van der Waals surface area contributed by atoms with Crippen molar-refractivity contribution in [2.75, 3.05) is 13.2 Å². The van der Waals surface area contributed by atoms with Crippen molar-refractivity contribution in [3.05, 3.63) is 70.0 Å². The highest BCUT2D eigenvalue weighted by Crippen LogP contribution is 2.34. The molecule has 6 heteroatoms. The number of ether oxygens (including phenoxy) is 2. The van der Waals surface area contributed by atoms with Crippen molar-refractivity contribution in [2.24, 2.45) is 5.92 Å². The second kappa shape index (κ2) is 7.38. The molecule has 0 saturated heterocycles. The molecule has 2 N–H and O–H groups in total. The zero-order chi connectivity index (χ0) is 19.7. The summed E-state index contributed by atoms with van der Waals surface area (Å²) in [6.45, 7) is 5.12. The van der Waals surface area contributed by atoms with Crippen molar-refractivity contribution in [2.45, 2.75) is 19.9 Å². The Bertz CT molecular complexity index is 1090. The quantitative estimate of drug-likeness (QED) is 0.729. The summed E-state index contributed by atoms with van der Waals surface area (Å²) < 4.78 is 11.3. The molecular weight excluding hydrogens is 356 g/mol. The molecule has 2 heterocycles. The second-order valence-electron chi connectivity index (χ2n) is 7.19. The number of hydrogen-bond acceptors (Lipinski definition) is 4. The number of carbonyl (C=O) groups excluding carboxylic acids is 1. The molecule has 1 aliphatic heterocycles. The van der Waals surface area contributed by atoms with Gasteiger partial charge in [0.25, 0.3) is 5.91 Å². The van der Waals surface area contributed by atoms with E-state index < -0.39 is 0 Å². The van der Waals surface area contributed by atoms with Gasteiger partial charge in [0.15, 0.2) is 11.5 Å². The van der Waals surface area contributed by atoms with E-state index in [-0.39, 0.29) is 23.4 Å². The van der Waals surface area contributed by atoms with Gasteiger partial charge in [0.2, 0.25) is 5.56 Å². The predicted octanol–water partition coefficient (Wildman–Crippen LogP) is 3.43. The number of aromatic nitrogens is 1. The van der Waals surface area contributed by atoms with Crippen LogP contribution in [-0.2, 0) is 0 Å². The van der Waals surface area contributed by atoms with Crippen LogP contribution >= 0.6 is 0 Å². The molecule has 0 bridgehead atoms. The first-order chi connectivity index (χ1) is 13.5. The lowest BCUT2D eigenvalue weighted by atomic mass is 9.95. The number of aromatic amines is 1. The van der Waals surface area contributed by atoms with E-state index in [0.29, 0.717) is 41.2 Å². The monoisotopic (exact) mass is 378 g/mol. The van der Waals surface area contributed by atoms with Gasteiger partial charge in [-0.15, -0.1) is 0 Å². The molecule has 6 nitrogen and oxygen atoms in total. The molecule has 4 rings (SSSR count). The first-order valence-corrected chi connectivity index (χ1v) is 9.35. The molecular formula is C22H22N2O4. The molecule has 1 atom stereocenters. The number of nitrogens with one attached hydrogen (secondary N) is 2. The fourth-order valence-electron chi connectivity index (χ4n) is 3.50. The Morgan fingerprint density at radius 1 is 1.04 bits per heavy atom. The van der Waals surface area contributed by atoms with E-state index in [1.165, 1.54) is 6.07 Å².